The molecule has 0 saturated heterocycles. The van der Waals surface area contributed by atoms with Gasteiger partial charge in [0.15, 0.2) is 0 Å². The van der Waals surface area contributed by atoms with Crippen LogP contribution in [0.2, 0.25) is 0 Å². The van der Waals surface area contributed by atoms with E-state index < -0.39 is 22.5 Å². The lowest BCUT2D eigenvalue weighted by Crippen LogP contribution is -2.38. The summed E-state index contributed by atoms with van der Waals surface area (Å²) < 4.78 is 37.1. The number of nitrogens with two attached hydrogens (primary N) is 1. The van der Waals surface area contributed by atoms with Crippen molar-refractivity contribution in [2.75, 3.05) is 13.7 Å². The van der Waals surface area contributed by atoms with Gasteiger partial charge in [-0.25, -0.2) is 8.42 Å². The minimum absolute atomic E-state index is 0.0205. The molecule has 1 amide bonds. The van der Waals surface area contributed by atoms with Crippen molar-refractivity contribution in [3.8, 4) is 5.75 Å². The van der Waals surface area contributed by atoms with E-state index in [0.717, 1.165) is 9.87 Å². The number of carbonyl (C=O) groups is 1. The van der Waals surface area contributed by atoms with E-state index in [1.807, 2.05) is 0 Å². The zero-order valence-corrected chi connectivity index (χ0v) is 13.7. The molecule has 0 bridgehead atoms. The first-order valence-corrected chi connectivity index (χ1v) is 8.24. The standard InChI is InChI=1S/C15H18N2O5S/c1-11-5-6-13(21-2)14(8-11)23(19,20)17(10-15(16)18)9-12-4-3-7-22-12/h3-8H,9-10H2,1-2H3,(H2,16,18). The van der Waals surface area contributed by atoms with Gasteiger partial charge in [-0.2, -0.15) is 4.31 Å². The normalized spacial score (nSPS) is 11.6. The van der Waals surface area contributed by atoms with Gasteiger partial charge in [-0.3, -0.25) is 4.79 Å². The minimum atomic E-state index is -3.99. The molecule has 0 atom stereocenters. The molecule has 0 radical (unpaired) electrons. The predicted octanol–water partition coefficient (Wildman–Crippen LogP) is 1.27. The third kappa shape index (κ3) is 3.91. The van der Waals surface area contributed by atoms with E-state index >= 15 is 0 Å². The van der Waals surface area contributed by atoms with Crippen molar-refractivity contribution < 1.29 is 22.4 Å². The van der Waals surface area contributed by atoms with Crippen LogP contribution in [0.5, 0.6) is 5.75 Å². The van der Waals surface area contributed by atoms with E-state index in [0.29, 0.717) is 5.76 Å². The topological polar surface area (TPSA) is 103 Å². The molecule has 0 spiro atoms. The van der Waals surface area contributed by atoms with Crippen LogP contribution >= 0.6 is 0 Å². The monoisotopic (exact) mass is 338 g/mol. The molecule has 0 unspecified atom stereocenters. The fourth-order valence-electron chi connectivity index (χ4n) is 2.10. The number of hydrogen-bond acceptors (Lipinski definition) is 5. The summed E-state index contributed by atoms with van der Waals surface area (Å²) in [6.07, 6.45) is 1.43. The zero-order chi connectivity index (χ0) is 17.0. The van der Waals surface area contributed by atoms with E-state index in [1.54, 1.807) is 31.2 Å². The summed E-state index contributed by atoms with van der Waals surface area (Å²) in [4.78, 5) is 11.3. The number of rotatable bonds is 7. The van der Waals surface area contributed by atoms with Crippen LogP contribution in [0, 0.1) is 6.92 Å². The number of sulfonamides is 1. The summed E-state index contributed by atoms with van der Waals surface area (Å²) in [6.45, 7) is 1.21. The Morgan fingerprint density at radius 1 is 1.35 bits per heavy atom. The SMILES string of the molecule is COc1ccc(C)cc1S(=O)(=O)N(CC(N)=O)Cc1ccco1. The first kappa shape index (κ1) is 17.0. The molecule has 8 heteroatoms. The minimum Gasteiger partial charge on any atom is -0.495 e. The Morgan fingerprint density at radius 3 is 2.65 bits per heavy atom. The van der Waals surface area contributed by atoms with Crippen molar-refractivity contribution in [3.05, 3.63) is 47.9 Å². The number of ether oxygens (including phenoxy) is 1. The lowest BCUT2D eigenvalue weighted by molar-refractivity contribution is -0.118. The Morgan fingerprint density at radius 2 is 2.09 bits per heavy atom. The Balaban J connectivity index is 2.47. The maximum absolute atomic E-state index is 12.9. The molecule has 2 rings (SSSR count). The molecule has 7 nitrogen and oxygen atoms in total. The molecule has 2 N–H and O–H groups in total. The van der Waals surface area contributed by atoms with Gasteiger partial charge in [0.1, 0.15) is 16.4 Å². The molecule has 1 aromatic heterocycles. The quantitative estimate of drug-likeness (QED) is 0.819. The van der Waals surface area contributed by atoms with Crippen LogP contribution in [0.1, 0.15) is 11.3 Å². The van der Waals surface area contributed by atoms with Crippen molar-refractivity contribution in [2.24, 2.45) is 5.73 Å². The summed E-state index contributed by atoms with van der Waals surface area (Å²) in [5, 5.41) is 0. The Kier molecular flexibility index (Phi) is 5.07. The van der Waals surface area contributed by atoms with Gasteiger partial charge >= 0.3 is 0 Å². The van der Waals surface area contributed by atoms with Gasteiger partial charge in [-0.15, -0.1) is 0 Å². The predicted molar refractivity (Wildman–Crippen MR) is 83.2 cm³/mol. The summed E-state index contributed by atoms with van der Waals surface area (Å²) in [5.74, 6) is -0.155. The van der Waals surface area contributed by atoms with Gasteiger partial charge in [-0.05, 0) is 36.8 Å². The van der Waals surface area contributed by atoms with Gasteiger partial charge in [0.25, 0.3) is 0 Å². The maximum atomic E-state index is 12.9. The molecule has 23 heavy (non-hydrogen) atoms. The van der Waals surface area contributed by atoms with Gasteiger partial charge in [0.05, 0.1) is 26.5 Å². The smallest absolute Gasteiger partial charge is 0.247 e. The van der Waals surface area contributed by atoms with Crippen LogP contribution in [-0.2, 0) is 21.4 Å². The first-order chi connectivity index (χ1) is 10.8. The average Bonchev–Trinajstić information content (AvgIpc) is 2.99. The number of carbonyl (C=O) groups excluding carboxylic acids is 1. The number of amides is 1. The molecule has 0 saturated carbocycles. The fraction of sp³-hybridized carbons (Fsp3) is 0.267. The molecule has 0 fully saturated rings. The van der Waals surface area contributed by atoms with Crippen LogP contribution in [0.3, 0.4) is 0 Å². The van der Waals surface area contributed by atoms with E-state index in [-0.39, 0.29) is 17.2 Å². The second kappa shape index (κ2) is 6.84. The molecular weight excluding hydrogens is 320 g/mol. The Bertz CT molecular complexity index is 784. The molecule has 0 aliphatic rings. The third-order valence-electron chi connectivity index (χ3n) is 3.18. The first-order valence-electron chi connectivity index (χ1n) is 6.80. The maximum Gasteiger partial charge on any atom is 0.247 e. The van der Waals surface area contributed by atoms with E-state index in [2.05, 4.69) is 0 Å². The molecule has 2 aromatic rings. The van der Waals surface area contributed by atoms with Crippen LogP contribution in [0.25, 0.3) is 0 Å². The van der Waals surface area contributed by atoms with Gasteiger partial charge < -0.3 is 14.9 Å². The molecule has 0 aliphatic heterocycles. The van der Waals surface area contributed by atoms with E-state index in [4.69, 9.17) is 14.9 Å². The second-order valence-corrected chi connectivity index (χ2v) is 6.88. The highest BCUT2D eigenvalue weighted by atomic mass is 32.2. The van der Waals surface area contributed by atoms with Crippen molar-refractivity contribution in [3.63, 3.8) is 0 Å². The highest BCUT2D eigenvalue weighted by Crippen LogP contribution is 2.28. The van der Waals surface area contributed by atoms with Crippen molar-refractivity contribution in [1.82, 2.24) is 4.31 Å². The lowest BCUT2D eigenvalue weighted by atomic mass is 10.2. The molecule has 0 aliphatic carbocycles. The van der Waals surface area contributed by atoms with Crippen molar-refractivity contribution >= 4 is 15.9 Å². The zero-order valence-electron chi connectivity index (χ0n) is 12.9. The highest BCUT2D eigenvalue weighted by molar-refractivity contribution is 7.89. The van der Waals surface area contributed by atoms with Crippen LogP contribution in [-0.4, -0.2) is 32.3 Å². The Labute approximate surface area is 134 Å². The number of nitrogens with zero attached hydrogens (tertiary/aromatic N) is 1. The van der Waals surface area contributed by atoms with E-state index in [9.17, 15) is 13.2 Å². The Hall–Kier alpha value is -2.32. The molecule has 1 heterocycles. The number of methoxy groups -OCH3 is 1. The average molecular weight is 338 g/mol. The van der Waals surface area contributed by atoms with Crippen molar-refractivity contribution in [1.29, 1.82) is 0 Å². The number of benzene rings is 1. The summed E-state index contributed by atoms with van der Waals surface area (Å²) in [5.41, 5.74) is 5.94. The number of primary amides is 1. The number of furan rings is 1. The summed E-state index contributed by atoms with van der Waals surface area (Å²) in [6, 6.07) is 8.05. The molecule has 124 valence electrons. The lowest BCUT2D eigenvalue weighted by Gasteiger charge is -2.21. The highest BCUT2D eigenvalue weighted by Gasteiger charge is 2.30. The van der Waals surface area contributed by atoms with Crippen LogP contribution in [0.4, 0.5) is 0 Å². The number of aryl methyl sites for hydroxylation is 1. The van der Waals surface area contributed by atoms with E-state index in [1.165, 1.54) is 19.4 Å². The summed E-state index contributed by atoms with van der Waals surface area (Å²) >= 11 is 0. The largest absolute Gasteiger partial charge is 0.495 e. The third-order valence-corrected chi connectivity index (χ3v) is 4.99. The molecule has 1 aromatic carbocycles. The summed E-state index contributed by atoms with van der Waals surface area (Å²) in [7, 11) is -2.61. The van der Waals surface area contributed by atoms with Gasteiger partial charge in [-0.1, -0.05) is 6.07 Å². The van der Waals surface area contributed by atoms with Crippen LogP contribution in [0.15, 0.2) is 45.9 Å². The molecular formula is C15H18N2O5S. The van der Waals surface area contributed by atoms with Crippen LogP contribution < -0.4 is 10.5 Å². The number of hydrogen-bond donors (Lipinski definition) is 1. The fourth-order valence-corrected chi connectivity index (χ4v) is 3.71. The van der Waals surface area contributed by atoms with Gasteiger partial charge in [0.2, 0.25) is 15.9 Å². The van der Waals surface area contributed by atoms with Gasteiger partial charge in [0, 0.05) is 0 Å². The van der Waals surface area contributed by atoms with Crippen molar-refractivity contribution in [2.45, 2.75) is 18.4 Å². The second-order valence-electron chi connectivity index (χ2n) is 4.97.